The summed E-state index contributed by atoms with van der Waals surface area (Å²) in [4.78, 5) is 0. The zero-order valence-corrected chi connectivity index (χ0v) is 15.1. The molecule has 0 atom stereocenters. The van der Waals surface area contributed by atoms with E-state index in [1.807, 2.05) is 67.6 Å². The third kappa shape index (κ3) is 2.59. The van der Waals surface area contributed by atoms with Crippen LogP contribution in [-0.4, -0.2) is 9.94 Å². The summed E-state index contributed by atoms with van der Waals surface area (Å²) in [7, 11) is -3.07. The average Bonchev–Trinajstić information content (AvgIpc) is 2.92. The standard InChI is InChI=1S/C20H22NO2P/c1-15(2)19-14-21(22)16(3)20(19)24(23,17-10-6-4-7-11-17)18-12-8-5-9-13-18/h4-15,22H,1-3H3. The number of benzene rings is 2. The Morgan fingerprint density at radius 1 is 0.917 bits per heavy atom. The molecule has 0 unspecified atom stereocenters. The van der Waals surface area contributed by atoms with E-state index in [9.17, 15) is 9.77 Å². The van der Waals surface area contributed by atoms with Gasteiger partial charge >= 0.3 is 0 Å². The molecule has 3 nitrogen and oxygen atoms in total. The van der Waals surface area contributed by atoms with E-state index < -0.39 is 7.14 Å². The van der Waals surface area contributed by atoms with Gasteiger partial charge in [0, 0.05) is 22.1 Å². The van der Waals surface area contributed by atoms with Crippen LogP contribution in [0.25, 0.3) is 0 Å². The van der Waals surface area contributed by atoms with Crippen LogP contribution in [0.2, 0.25) is 0 Å². The zero-order chi connectivity index (χ0) is 17.3. The fourth-order valence-corrected chi connectivity index (χ4v) is 6.36. The molecule has 0 fully saturated rings. The van der Waals surface area contributed by atoms with Gasteiger partial charge in [-0.05, 0) is 18.4 Å². The van der Waals surface area contributed by atoms with E-state index >= 15 is 0 Å². The first kappa shape index (κ1) is 16.6. The fraction of sp³-hybridized carbons (Fsp3) is 0.200. The van der Waals surface area contributed by atoms with Crippen LogP contribution in [0.15, 0.2) is 66.9 Å². The molecule has 0 saturated heterocycles. The molecule has 4 heteroatoms. The minimum Gasteiger partial charge on any atom is -0.429 e. The third-order valence-corrected chi connectivity index (χ3v) is 7.66. The SMILES string of the molecule is Cc1c(P(=O)(c2ccccc2)c2ccccc2)c(C(C)C)cn1O. The number of hydrogen-bond donors (Lipinski definition) is 1. The van der Waals surface area contributed by atoms with Crippen molar-refractivity contribution in [2.75, 3.05) is 0 Å². The summed E-state index contributed by atoms with van der Waals surface area (Å²) in [6.07, 6.45) is 1.69. The second-order valence-electron chi connectivity index (χ2n) is 6.30. The van der Waals surface area contributed by atoms with E-state index in [4.69, 9.17) is 0 Å². The summed E-state index contributed by atoms with van der Waals surface area (Å²) in [6, 6.07) is 19.1. The van der Waals surface area contributed by atoms with Crippen molar-refractivity contribution in [1.82, 2.24) is 4.73 Å². The zero-order valence-electron chi connectivity index (χ0n) is 14.2. The maximum absolute atomic E-state index is 14.5. The number of hydrogen-bond acceptors (Lipinski definition) is 2. The van der Waals surface area contributed by atoms with Gasteiger partial charge in [-0.1, -0.05) is 74.5 Å². The van der Waals surface area contributed by atoms with Gasteiger partial charge in [-0.3, -0.25) is 0 Å². The molecule has 0 spiro atoms. The summed E-state index contributed by atoms with van der Waals surface area (Å²) < 4.78 is 15.6. The van der Waals surface area contributed by atoms with Crippen molar-refractivity contribution in [2.24, 2.45) is 0 Å². The van der Waals surface area contributed by atoms with E-state index in [0.29, 0.717) is 5.69 Å². The molecule has 0 bridgehead atoms. The normalized spacial score (nSPS) is 11.8. The van der Waals surface area contributed by atoms with Gasteiger partial charge in [0.1, 0.15) is 0 Å². The minimum atomic E-state index is -3.07. The molecule has 0 aliphatic carbocycles. The molecule has 0 radical (unpaired) electrons. The fourth-order valence-electron chi connectivity index (χ4n) is 3.12. The van der Waals surface area contributed by atoms with E-state index in [1.54, 1.807) is 6.20 Å². The van der Waals surface area contributed by atoms with Crippen molar-refractivity contribution in [3.8, 4) is 0 Å². The molecule has 2 aromatic carbocycles. The van der Waals surface area contributed by atoms with Gasteiger partial charge in [0.25, 0.3) is 0 Å². The Morgan fingerprint density at radius 2 is 1.38 bits per heavy atom. The highest BCUT2D eigenvalue weighted by Crippen LogP contribution is 2.45. The lowest BCUT2D eigenvalue weighted by Crippen LogP contribution is -2.28. The smallest absolute Gasteiger partial charge is 0.173 e. The van der Waals surface area contributed by atoms with Crippen molar-refractivity contribution in [3.63, 3.8) is 0 Å². The molecule has 1 heterocycles. The van der Waals surface area contributed by atoms with Crippen LogP contribution in [0, 0.1) is 6.92 Å². The monoisotopic (exact) mass is 339 g/mol. The van der Waals surface area contributed by atoms with E-state index in [1.165, 1.54) is 0 Å². The largest absolute Gasteiger partial charge is 0.429 e. The quantitative estimate of drug-likeness (QED) is 0.580. The van der Waals surface area contributed by atoms with Gasteiger partial charge in [-0.25, -0.2) is 0 Å². The lowest BCUT2D eigenvalue weighted by Gasteiger charge is -2.22. The van der Waals surface area contributed by atoms with Crippen molar-refractivity contribution >= 4 is 23.1 Å². The highest BCUT2D eigenvalue weighted by Gasteiger charge is 2.36. The lowest BCUT2D eigenvalue weighted by molar-refractivity contribution is 0.181. The summed E-state index contributed by atoms with van der Waals surface area (Å²) in [5.41, 5.74) is 1.56. The Balaban J connectivity index is 2.39. The van der Waals surface area contributed by atoms with Gasteiger partial charge in [0.2, 0.25) is 0 Å². The summed E-state index contributed by atoms with van der Waals surface area (Å²) >= 11 is 0. The van der Waals surface area contributed by atoms with Crippen molar-refractivity contribution < 1.29 is 9.77 Å². The van der Waals surface area contributed by atoms with Crippen LogP contribution < -0.4 is 15.9 Å². The molecule has 0 saturated carbocycles. The van der Waals surface area contributed by atoms with E-state index in [2.05, 4.69) is 13.8 Å². The molecule has 1 aromatic heterocycles. The topological polar surface area (TPSA) is 42.2 Å². The lowest BCUT2D eigenvalue weighted by atomic mass is 10.1. The second kappa shape index (κ2) is 6.33. The first-order valence-corrected chi connectivity index (χ1v) is 9.80. The maximum Gasteiger partial charge on any atom is 0.173 e. The van der Waals surface area contributed by atoms with Crippen LogP contribution in [0.3, 0.4) is 0 Å². The van der Waals surface area contributed by atoms with Crippen LogP contribution in [0.1, 0.15) is 31.0 Å². The van der Waals surface area contributed by atoms with Crippen molar-refractivity contribution in [1.29, 1.82) is 0 Å². The summed E-state index contributed by atoms with van der Waals surface area (Å²) in [5.74, 6) is 0.160. The van der Waals surface area contributed by atoms with Crippen LogP contribution in [-0.2, 0) is 4.57 Å². The first-order chi connectivity index (χ1) is 11.5. The van der Waals surface area contributed by atoms with Crippen LogP contribution >= 0.6 is 7.14 Å². The molecular formula is C20H22NO2P. The maximum atomic E-state index is 14.5. The molecule has 124 valence electrons. The van der Waals surface area contributed by atoms with Crippen LogP contribution in [0.4, 0.5) is 0 Å². The van der Waals surface area contributed by atoms with Crippen molar-refractivity contribution in [2.45, 2.75) is 26.7 Å². The van der Waals surface area contributed by atoms with Gasteiger partial charge in [0.05, 0.1) is 5.69 Å². The highest BCUT2D eigenvalue weighted by atomic mass is 31.2. The Bertz CT molecular complexity index is 839. The van der Waals surface area contributed by atoms with Gasteiger partial charge in [-0.2, -0.15) is 4.73 Å². The predicted octanol–water partition coefficient (Wildman–Crippen LogP) is 3.80. The van der Waals surface area contributed by atoms with E-state index in [-0.39, 0.29) is 5.92 Å². The summed E-state index contributed by atoms with van der Waals surface area (Å²) in [6.45, 7) is 5.93. The Kier molecular flexibility index (Phi) is 4.38. The number of rotatable bonds is 4. The van der Waals surface area contributed by atoms with Crippen LogP contribution in [0.5, 0.6) is 0 Å². The summed E-state index contributed by atoms with van der Waals surface area (Å²) in [5, 5.41) is 12.5. The van der Waals surface area contributed by atoms with Gasteiger partial charge < -0.3 is 9.77 Å². The molecule has 0 amide bonds. The first-order valence-electron chi connectivity index (χ1n) is 8.09. The second-order valence-corrected chi connectivity index (χ2v) is 9.00. The molecular weight excluding hydrogens is 317 g/mol. The Hall–Kier alpha value is -2.25. The predicted molar refractivity (Wildman–Crippen MR) is 99.8 cm³/mol. The molecule has 1 N–H and O–H groups in total. The third-order valence-electron chi connectivity index (χ3n) is 4.40. The minimum absolute atomic E-state index is 0.160. The molecule has 3 aromatic rings. The Morgan fingerprint density at radius 3 is 1.79 bits per heavy atom. The Labute approximate surface area is 142 Å². The molecule has 0 aliphatic heterocycles. The highest BCUT2D eigenvalue weighted by molar-refractivity contribution is 7.85. The van der Waals surface area contributed by atoms with E-state index in [0.717, 1.165) is 26.2 Å². The molecule has 3 rings (SSSR count). The van der Waals surface area contributed by atoms with Crippen molar-refractivity contribution in [3.05, 3.63) is 78.1 Å². The van der Waals surface area contributed by atoms with Gasteiger partial charge in [0.15, 0.2) is 7.14 Å². The molecule has 0 aliphatic rings. The number of nitrogens with zero attached hydrogens (tertiary/aromatic N) is 1. The number of aromatic nitrogens is 1. The average molecular weight is 339 g/mol. The van der Waals surface area contributed by atoms with Gasteiger partial charge in [-0.15, -0.1) is 0 Å². The molecule has 24 heavy (non-hydrogen) atoms.